The molecule has 9 nitrogen and oxygen atoms in total. The van der Waals surface area contributed by atoms with Gasteiger partial charge in [0.2, 0.25) is 21.1 Å². The predicted octanol–water partition coefficient (Wildman–Crippen LogP) is 5.66. The summed E-state index contributed by atoms with van der Waals surface area (Å²) in [5, 5.41) is 13.9. The standard InChI is InChI=1S/C32H36N6O3S2/c1-5-36(6-2)43(40,41)28-12-9-11-27(20-28)31-34-35-32(38(31)33-21-24-14-16-25(17-15-24)23(3)4)42-22-30(39)37-19-18-26-10-7-8-13-29(26)37/h7-17,20-21,23H,5-6,18-19,22H2,1-4H3. The highest BCUT2D eigenvalue weighted by Gasteiger charge is 2.26. The zero-order valence-electron chi connectivity index (χ0n) is 24.8. The first-order valence-electron chi connectivity index (χ1n) is 14.4. The van der Waals surface area contributed by atoms with Gasteiger partial charge in [0.1, 0.15) is 0 Å². The van der Waals surface area contributed by atoms with Gasteiger partial charge < -0.3 is 4.90 Å². The van der Waals surface area contributed by atoms with Crippen molar-refractivity contribution in [3.05, 3.63) is 89.5 Å². The molecule has 0 atom stereocenters. The number of hydrogen-bond donors (Lipinski definition) is 0. The number of fused-ring (bicyclic) bond motifs is 1. The molecule has 1 amide bonds. The second-order valence-electron chi connectivity index (χ2n) is 10.5. The van der Waals surface area contributed by atoms with Crippen LogP contribution in [-0.4, -0.2) is 65.1 Å². The lowest BCUT2D eigenvalue weighted by Crippen LogP contribution is -2.30. The van der Waals surface area contributed by atoms with E-state index in [0.29, 0.717) is 42.1 Å². The second-order valence-corrected chi connectivity index (χ2v) is 13.4. The Hall–Kier alpha value is -3.80. The molecular formula is C32H36N6O3S2. The molecule has 0 radical (unpaired) electrons. The van der Waals surface area contributed by atoms with E-state index in [-0.39, 0.29) is 16.6 Å². The summed E-state index contributed by atoms with van der Waals surface area (Å²) in [5.74, 6) is 0.930. The van der Waals surface area contributed by atoms with Crippen LogP contribution in [-0.2, 0) is 21.2 Å². The zero-order valence-corrected chi connectivity index (χ0v) is 26.5. The Morgan fingerprint density at radius 1 is 1.02 bits per heavy atom. The number of amides is 1. The number of carbonyl (C=O) groups excluding carboxylic acids is 1. The molecule has 0 unspecified atom stereocenters. The minimum atomic E-state index is -3.68. The fourth-order valence-corrected chi connectivity index (χ4v) is 7.31. The lowest BCUT2D eigenvalue weighted by Gasteiger charge is -2.18. The monoisotopic (exact) mass is 616 g/mol. The molecule has 1 aromatic heterocycles. The Bertz CT molecular complexity index is 1730. The highest BCUT2D eigenvalue weighted by Crippen LogP contribution is 2.30. The first-order valence-corrected chi connectivity index (χ1v) is 16.9. The van der Waals surface area contributed by atoms with Crippen LogP contribution in [0, 0.1) is 0 Å². The molecule has 0 saturated heterocycles. The summed E-state index contributed by atoms with van der Waals surface area (Å²) >= 11 is 1.25. The Morgan fingerprint density at radius 2 is 1.77 bits per heavy atom. The molecule has 5 rings (SSSR count). The van der Waals surface area contributed by atoms with Crippen LogP contribution < -0.4 is 4.90 Å². The number of thioether (sulfide) groups is 1. The topological polar surface area (TPSA) is 101 Å². The molecule has 11 heteroatoms. The quantitative estimate of drug-likeness (QED) is 0.159. The maximum atomic E-state index is 13.3. The average molecular weight is 617 g/mol. The van der Waals surface area contributed by atoms with Crippen LogP contribution >= 0.6 is 11.8 Å². The van der Waals surface area contributed by atoms with Gasteiger partial charge in [-0.15, -0.1) is 10.2 Å². The highest BCUT2D eigenvalue weighted by atomic mass is 32.2. The zero-order chi connectivity index (χ0) is 30.6. The van der Waals surface area contributed by atoms with E-state index < -0.39 is 10.0 Å². The Balaban J connectivity index is 1.47. The van der Waals surface area contributed by atoms with Crippen molar-refractivity contribution in [2.75, 3.05) is 30.3 Å². The third-order valence-electron chi connectivity index (χ3n) is 7.49. The molecule has 0 spiro atoms. The molecule has 1 aliphatic rings. The van der Waals surface area contributed by atoms with Gasteiger partial charge in [0, 0.05) is 30.9 Å². The Labute approximate surface area is 257 Å². The highest BCUT2D eigenvalue weighted by molar-refractivity contribution is 7.99. The molecule has 0 bridgehead atoms. The molecule has 4 aromatic rings. The maximum Gasteiger partial charge on any atom is 0.243 e. The largest absolute Gasteiger partial charge is 0.311 e. The number of carbonyl (C=O) groups is 1. The van der Waals surface area contributed by atoms with E-state index in [4.69, 9.17) is 5.10 Å². The van der Waals surface area contributed by atoms with Gasteiger partial charge >= 0.3 is 0 Å². The van der Waals surface area contributed by atoms with E-state index in [9.17, 15) is 13.2 Å². The van der Waals surface area contributed by atoms with Gasteiger partial charge in [0.25, 0.3) is 0 Å². The van der Waals surface area contributed by atoms with Crippen LogP contribution in [0.4, 0.5) is 5.69 Å². The van der Waals surface area contributed by atoms with Crippen LogP contribution in [0.25, 0.3) is 11.4 Å². The van der Waals surface area contributed by atoms with Gasteiger partial charge in [-0.25, -0.2) is 8.42 Å². The minimum Gasteiger partial charge on any atom is -0.311 e. The van der Waals surface area contributed by atoms with Crippen molar-refractivity contribution in [2.24, 2.45) is 5.10 Å². The van der Waals surface area contributed by atoms with Gasteiger partial charge in [-0.1, -0.05) is 94.1 Å². The lowest BCUT2D eigenvalue weighted by atomic mass is 10.0. The summed E-state index contributed by atoms with van der Waals surface area (Å²) < 4.78 is 29.5. The number of anilines is 1. The van der Waals surface area contributed by atoms with Crippen LogP contribution in [0.3, 0.4) is 0 Å². The van der Waals surface area contributed by atoms with Crippen molar-refractivity contribution in [1.29, 1.82) is 0 Å². The molecule has 0 aliphatic carbocycles. The molecular weight excluding hydrogens is 581 g/mol. The van der Waals surface area contributed by atoms with E-state index in [0.717, 1.165) is 17.7 Å². The SMILES string of the molecule is CCN(CC)S(=O)(=O)c1cccc(-c2nnc(SCC(=O)N3CCc4ccccc43)n2N=Cc2ccc(C(C)C)cc2)c1. The van der Waals surface area contributed by atoms with E-state index in [1.807, 2.05) is 49.1 Å². The van der Waals surface area contributed by atoms with Crippen LogP contribution in [0.5, 0.6) is 0 Å². The fourth-order valence-electron chi connectivity index (χ4n) is 5.04. The fraction of sp³-hybridized carbons (Fsp3) is 0.312. The van der Waals surface area contributed by atoms with Crippen molar-refractivity contribution in [3.8, 4) is 11.4 Å². The van der Waals surface area contributed by atoms with E-state index >= 15 is 0 Å². The molecule has 0 N–H and O–H groups in total. The summed E-state index contributed by atoms with van der Waals surface area (Å²) in [6, 6.07) is 22.8. The smallest absolute Gasteiger partial charge is 0.243 e. The van der Waals surface area contributed by atoms with Crippen molar-refractivity contribution < 1.29 is 13.2 Å². The number of nitrogens with zero attached hydrogens (tertiary/aromatic N) is 6. The van der Waals surface area contributed by atoms with Gasteiger partial charge in [0.05, 0.1) is 16.9 Å². The van der Waals surface area contributed by atoms with Crippen LogP contribution in [0.2, 0.25) is 0 Å². The van der Waals surface area contributed by atoms with Crippen molar-refractivity contribution in [2.45, 2.75) is 50.1 Å². The minimum absolute atomic E-state index is 0.0217. The first kappa shape index (κ1) is 30.7. The van der Waals surface area contributed by atoms with Crippen molar-refractivity contribution in [3.63, 3.8) is 0 Å². The first-order chi connectivity index (χ1) is 20.7. The van der Waals surface area contributed by atoms with Gasteiger partial charge in [0.15, 0.2) is 5.82 Å². The third kappa shape index (κ3) is 6.58. The molecule has 0 saturated carbocycles. The number of benzene rings is 3. The van der Waals surface area contributed by atoms with E-state index in [1.54, 1.807) is 35.2 Å². The normalized spacial score (nSPS) is 13.4. The average Bonchev–Trinajstić information content (AvgIpc) is 3.64. The summed E-state index contributed by atoms with van der Waals surface area (Å²) in [6.45, 7) is 9.31. The lowest BCUT2D eigenvalue weighted by molar-refractivity contribution is -0.116. The second kappa shape index (κ2) is 13.2. The van der Waals surface area contributed by atoms with Gasteiger partial charge in [-0.2, -0.15) is 14.1 Å². The van der Waals surface area contributed by atoms with Crippen molar-refractivity contribution >= 4 is 39.6 Å². The number of aromatic nitrogens is 3. The van der Waals surface area contributed by atoms with E-state index in [2.05, 4.69) is 42.2 Å². The molecule has 43 heavy (non-hydrogen) atoms. The summed E-state index contributed by atoms with van der Waals surface area (Å²) in [6.07, 6.45) is 2.55. The van der Waals surface area contributed by atoms with Gasteiger partial charge in [-0.3, -0.25) is 4.79 Å². The number of rotatable bonds is 11. The summed E-state index contributed by atoms with van der Waals surface area (Å²) in [4.78, 5) is 15.2. The number of para-hydroxylation sites is 1. The molecule has 224 valence electrons. The molecule has 3 aromatic carbocycles. The van der Waals surface area contributed by atoms with Gasteiger partial charge in [-0.05, 0) is 47.2 Å². The third-order valence-corrected chi connectivity index (χ3v) is 10.4. The molecule has 1 aliphatic heterocycles. The summed E-state index contributed by atoms with van der Waals surface area (Å²) in [5.41, 5.74) is 4.79. The Kier molecular flexibility index (Phi) is 9.43. The molecule has 0 fully saturated rings. The Morgan fingerprint density at radius 3 is 2.49 bits per heavy atom. The van der Waals surface area contributed by atoms with Crippen LogP contribution in [0.15, 0.2) is 87.9 Å². The summed E-state index contributed by atoms with van der Waals surface area (Å²) in [7, 11) is -3.68. The predicted molar refractivity (Wildman–Crippen MR) is 172 cm³/mol. The maximum absolute atomic E-state index is 13.3. The molecule has 2 heterocycles. The van der Waals surface area contributed by atoms with E-state index in [1.165, 1.54) is 27.2 Å². The number of hydrogen-bond acceptors (Lipinski definition) is 7. The van der Waals surface area contributed by atoms with Crippen LogP contribution in [0.1, 0.15) is 50.3 Å². The van der Waals surface area contributed by atoms with Crippen molar-refractivity contribution in [1.82, 2.24) is 19.2 Å². The number of sulfonamides is 1.